The van der Waals surface area contributed by atoms with E-state index < -0.39 is 0 Å². The maximum atomic E-state index is 11.4. The number of amides is 1. The van der Waals surface area contributed by atoms with Crippen molar-refractivity contribution in [1.29, 1.82) is 0 Å². The zero-order valence-electron chi connectivity index (χ0n) is 9.53. The average molecular weight is 219 g/mol. The molecule has 0 bridgehead atoms. The summed E-state index contributed by atoms with van der Waals surface area (Å²) in [4.78, 5) is 22.6. The predicted octanol–water partition coefficient (Wildman–Crippen LogP) is 2.06. The lowest BCUT2D eigenvalue weighted by Gasteiger charge is -2.04. The Hall–Kier alpha value is -1.64. The Balaban J connectivity index is 2.28. The first-order valence-corrected chi connectivity index (χ1v) is 5.54. The highest BCUT2D eigenvalue weighted by Gasteiger charge is 2.07. The van der Waals surface area contributed by atoms with Crippen LogP contribution < -0.4 is 5.32 Å². The number of hydrogen-bond donors (Lipinski definition) is 1. The molecule has 0 unspecified atom stereocenters. The molecule has 0 saturated carbocycles. The summed E-state index contributed by atoms with van der Waals surface area (Å²) in [6, 6.07) is 9.64. The summed E-state index contributed by atoms with van der Waals surface area (Å²) in [5, 5.41) is 2.73. The summed E-state index contributed by atoms with van der Waals surface area (Å²) < 4.78 is 0. The Morgan fingerprint density at radius 1 is 1.19 bits per heavy atom. The lowest BCUT2D eigenvalue weighted by Crippen LogP contribution is -2.25. The molecule has 16 heavy (non-hydrogen) atoms. The Morgan fingerprint density at radius 3 is 2.50 bits per heavy atom. The maximum absolute atomic E-state index is 11.4. The van der Waals surface area contributed by atoms with E-state index in [-0.39, 0.29) is 18.1 Å². The van der Waals surface area contributed by atoms with Crippen LogP contribution in [0.1, 0.15) is 31.7 Å². The van der Waals surface area contributed by atoms with Crippen LogP contribution in [0.25, 0.3) is 0 Å². The van der Waals surface area contributed by atoms with E-state index in [0.29, 0.717) is 13.0 Å². The largest absolute Gasteiger partial charge is 0.352 e. The van der Waals surface area contributed by atoms with Gasteiger partial charge in [0.05, 0.1) is 6.42 Å². The first-order valence-electron chi connectivity index (χ1n) is 5.54. The summed E-state index contributed by atoms with van der Waals surface area (Å²) in [5.74, 6) is -0.185. The van der Waals surface area contributed by atoms with Gasteiger partial charge in [0.1, 0.15) is 5.78 Å². The summed E-state index contributed by atoms with van der Waals surface area (Å²) in [6.45, 7) is 2.42. The van der Waals surface area contributed by atoms with Crippen molar-refractivity contribution < 1.29 is 9.59 Å². The number of rotatable bonds is 6. The second-order valence-electron chi connectivity index (χ2n) is 3.73. The van der Waals surface area contributed by atoms with Gasteiger partial charge in [0.15, 0.2) is 0 Å². The van der Waals surface area contributed by atoms with Crippen molar-refractivity contribution in [2.24, 2.45) is 0 Å². The molecule has 0 saturated heterocycles. The molecular formula is C13H17NO2. The molecular weight excluding hydrogens is 202 g/mol. The molecule has 1 rings (SSSR count). The monoisotopic (exact) mass is 219 g/mol. The third-order valence-electron chi connectivity index (χ3n) is 2.22. The molecule has 0 fully saturated rings. The SMILES string of the molecule is CCCC(=O)CC(=O)NCc1ccccc1. The van der Waals surface area contributed by atoms with Gasteiger partial charge in [-0.2, -0.15) is 0 Å². The van der Waals surface area contributed by atoms with Gasteiger partial charge in [-0.1, -0.05) is 37.3 Å². The molecule has 1 amide bonds. The van der Waals surface area contributed by atoms with Gasteiger partial charge in [-0.05, 0) is 12.0 Å². The van der Waals surface area contributed by atoms with Gasteiger partial charge < -0.3 is 5.32 Å². The number of ketones is 1. The third kappa shape index (κ3) is 4.73. The molecule has 0 atom stereocenters. The zero-order chi connectivity index (χ0) is 11.8. The Bertz CT molecular complexity index is 346. The summed E-state index contributed by atoms with van der Waals surface area (Å²) in [7, 11) is 0. The molecule has 0 aromatic heterocycles. The summed E-state index contributed by atoms with van der Waals surface area (Å²) in [6.07, 6.45) is 1.28. The normalized spacial score (nSPS) is 9.81. The van der Waals surface area contributed by atoms with Crippen LogP contribution in [0, 0.1) is 0 Å². The first-order chi connectivity index (χ1) is 7.72. The van der Waals surface area contributed by atoms with E-state index in [1.807, 2.05) is 37.3 Å². The molecule has 0 spiro atoms. The molecule has 1 aromatic carbocycles. The van der Waals surface area contributed by atoms with Crippen LogP contribution in [0.4, 0.5) is 0 Å². The Kier molecular flexibility index (Phi) is 5.26. The molecule has 86 valence electrons. The van der Waals surface area contributed by atoms with E-state index >= 15 is 0 Å². The van der Waals surface area contributed by atoms with Crippen molar-refractivity contribution in [2.45, 2.75) is 32.7 Å². The second-order valence-corrected chi connectivity index (χ2v) is 3.73. The molecule has 0 aliphatic rings. The smallest absolute Gasteiger partial charge is 0.227 e. The fraction of sp³-hybridized carbons (Fsp3) is 0.385. The van der Waals surface area contributed by atoms with Gasteiger partial charge in [-0.15, -0.1) is 0 Å². The molecule has 1 N–H and O–H groups in total. The Morgan fingerprint density at radius 2 is 1.88 bits per heavy atom. The van der Waals surface area contributed by atoms with Gasteiger partial charge in [0, 0.05) is 13.0 Å². The maximum Gasteiger partial charge on any atom is 0.227 e. The number of carbonyl (C=O) groups is 2. The van der Waals surface area contributed by atoms with Crippen LogP contribution in [-0.2, 0) is 16.1 Å². The van der Waals surface area contributed by atoms with E-state index in [1.54, 1.807) is 0 Å². The molecule has 0 aliphatic heterocycles. The van der Waals surface area contributed by atoms with Crippen LogP contribution in [-0.4, -0.2) is 11.7 Å². The highest BCUT2D eigenvalue weighted by atomic mass is 16.2. The minimum Gasteiger partial charge on any atom is -0.352 e. The zero-order valence-corrected chi connectivity index (χ0v) is 9.53. The number of Topliss-reactive ketones (excluding diaryl/α,β-unsaturated/α-hetero) is 1. The quantitative estimate of drug-likeness (QED) is 0.744. The van der Waals surface area contributed by atoms with E-state index in [4.69, 9.17) is 0 Å². The summed E-state index contributed by atoms with van der Waals surface area (Å²) >= 11 is 0. The van der Waals surface area contributed by atoms with Crippen molar-refractivity contribution in [3.63, 3.8) is 0 Å². The van der Waals surface area contributed by atoms with Crippen LogP contribution in [0.3, 0.4) is 0 Å². The average Bonchev–Trinajstić information content (AvgIpc) is 2.28. The fourth-order valence-electron chi connectivity index (χ4n) is 1.41. The van der Waals surface area contributed by atoms with Crippen molar-refractivity contribution in [2.75, 3.05) is 0 Å². The van der Waals surface area contributed by atoms with Crippen LogP contribution in [0.5, 0.6) is 0 Å². The Labute approximate surface area is 95.9 Å². The van der Waals surface area contributed by atoms with Gasteiger partial charge >= 0.3 is 0 Å². The summed E-state index contributed by atoms with van der Waals surface area (Å²) in [5.41, 5.74) is 1.04. The van der Waals surface area contributed by atoms with Crippen molar-refractivity contribution in [3.8, 4) is 0 Å². The predicted molar refractivity (Wildman–Crippen MR) is 62.8 cm³/mol. The first kappa shape index (κ1) is 12.4. The number of hydrogen-bond acceptors (Lipinski definition) is 2. The van der Waals surface area contributed by atoms with E-state index in [1.165, 1.54) is 0 Å². The van der Waals surface area contributed by atoms with Gasteiger partial charge in [0.2, 0.25) is 5.91 Å². The van der Waals surface area contributed by atoms with Crippen LogP contribution in [0.2, 0.25) is 0 Å². The minimum absolute atomic E-state index is 0.000668. The number of benzene rings is 1. The molecule has 0 aliphatic carbocycles. The molecule has 3 nitrogen and oxygen atoms in total. The minimum atomic E-state index is -0.192. The van der Waals surface area contributed by atoms with Crippen molar-refractivity contribution in [1.82, 2.24) is 5.32 Å². The van der Waals surface area contributed by atoms with Crippen molar-refractivity contribution >= 4 is 11.7 Å². The third-order valence-corrected chi connectivity index (χ3v) is 2.22. The lowest BCUT2D eigenvalue weighted by atomic mass is 10.1. The van der Waals surface area contributed by atoms with Crippen molar-refractivity contribution in [3.05, 3.63) is 35.9 Å². The molecule has 3 heteroatoms. The van der Waals surface area contributed by atoms with E-state index in [2.05, 4.69) is 5.32 Å². The number of carbonyl (C=O) groups excluding carboxylic acids is 2. The molecule has 0 radical (unpaired) electrons. The fourth-order valence-corrected chi connectivity index (χ4v) is 1.41. The molecule has 1 aromatic rings. The van der Waals surface area contributed by atoms with E-state index in [9.17, 15) is 9.59 Å². The highest BCUT2D eigenvalue weighted by Crippen LogP contribution is 1.98. The van der Waals surface area contributed by atoms with E-state index in [0.717, 1.165) is 12.0 Å². The second kappa shape index (κ2) is 6.77. The number of nitrogens with one attached hydrogen (secondary N) is 1. The topological polar surface area (TPSA) is 46.2 Å². The van der Waals surface area contributed by atoms with Gasteiger partial charge in [-0.25, -0.2) is 0 Å². The molecule has 0 heterocycles. The lowest BCUT2D eigenvalue weighted by molar-refractivity contribution is -0.128. The standard InChI is InChI=1S/C13H17NO2/c1-2-6-12(15)9-13(16)14-10-11-7-4-3-5-8-11/h3-5,7-8H,2,6,9-10H2,1H3,(H,14,16). The van der Waals surface area contributed by atoms with Gasteiger partial charge in [0.25, 0.3) is 0 Å². The van der Waals surface area contributed by atoms with Gasteiger partial charge in [-0.3, -0.25) is 9.59 Å². The van der Waals surface area contributed by atoms with Crippen LogP contribution >= 0.6 is 0 Å². The van der Waals surface area contributed by atoms with Crippen LogP contribution in [0.15, 0.2) is 30.3 Å². The highest BCUT2D eigenvalue weighted by molar-refractivity contribution is 5.97.